The molecule has 0 heterocycles. The first kappa shape index (κ1) is 24.3. The lowest BCUT2D eigenvalue weighted by Gasteiger charge is -2.33. The van der Waals surface area contributed by atoms with Crippen LogP contribution in [0.4, 0.5) is 11.4 Å². The summed E-state index contributed by atoms with van der Waals surface area (Å²) in [7, 11) is 0. The fourth-order valence-corrected chi connectivity index (χ4v) is 5.90. The van der Waals surface area contributed by atoms with E-state index in [9.17, 15) is 9.59 Å². The Morgan fingerprint density at radius 1 is 0.528 bits per heavy atom. The van der Waals surface area contributed by atoms with E-state index in [1.54, 1.807) is 0 Å². The average Bonchev–Trinajstić information content (AvgIpc) is 2.93. The van der Waals surface area contributed by atoms with Crippen LogP contribution in [-0.2, 0) is 9.59 Å². The Balaban J connectivity index is 1.44. The van der Waals surface area contributed by atoms with E-state index in [0.717, 1.165) is 61.0 Å². The highest BCUT2D eigenvalue weighted by molar-refractivity contribution is 5.83. The highest BCUT2D eigenvalue weighted by atomic mass is 16.1. The maximum Gasteiger partial charge on any atom is 0.138 e. The molecule has 4 heteroatoms. The third-order valence-electron chi connectivity index (χ3n) is 7.86. The van der Waals surface area contributed by atoms with Crippen LogP contribution in [-0.4, -0.2) is 11.6 Å². The van der Waals surface area contributed by atoms with Crippen LogP contribution < -0.4 is 10.6 Å². The van der Waals surface area contributed by atoms with Crippen LogP contribution in [0.25, 0.3) is 0 Å². The molecule has 3 aromatic rings. The number of nitrogens with one attached hydrogen (secondary N) is 2. The second-order valence-corrected chi connectivity index (χ2v) is 10.3. The van der Waals surface area contributed by atoms with Crippen molar-refractivity contribution in [3.05, 3.63) is 96.1 Å². The molecule has 5 rings (SSSR count). The van der Waals surface area contributed by atoms with Crippen molar-refractivity contribution < 1.29 is 9.59 Å². The van der Waals surface area contributed by atoms with Crippen molar-refractivity contribution in [2.75, 3.05) is 10.6 Å². The van der Waals surface area contributed by atoms with E-state index in [4.69, 9.17) is 0 Å². The number of carbonyl (C=O) groups is 2. The summed E-state index contributed by atoms with van der Waals surface area (Å²) < 4.78 is 0. The normalized spacial score (nSPS) is 22.0. The fourth-order valence-electron chi connectivity index (χ4n) is 5.90. The summed E-state index contributed by atoms with van der Waals surface area (Å²) in [4.78, 5) is 25.9. The van der Waals surface area contributed by atoms with Gasteiger partial charge in [0.2, 0.25) is 0 Å². The molecule has 2 aliphatic rings. The van der Waals surface area contributed by atoms with Gasteiger partial charge in [0.05, 0.1) is 12.1 Å². The molecule has 4 nitrogen and oxygen atoms in total. The molecular weight excluding hydrogens is 444 g/mol. The summed E-state index contributed by atoms with van der Waals surface area (Å²) >= 11 is 0. The topological polar surface area (TPSA) is 58.2 Å². The molecule has 0 aromatic heterocycles. The zero-order valence-electron chi connectivity index (χ0n) is 20.9. The Hall–Kier alpha value is -3.40. The number of carbonyl (C=O) groups excluding carboxylic acids is 2. The monoisotopic (exact) mass is 480 g/mol. The van der Waals surface area contributed by atoms with E-state index in [2.05, 4.69) is 59.2 Å². The molecule has 3 aromatic carbocycles. The van der Waals surface area contributed by atoms with Gasteiger partial charge in [0.15, 0.2) is 0 Å². The molecule has 0 spiro atoms. The van der Waals surface area contributed by atoms with E-state index >= 15 is 0 Å². The number of hydrogen-bond acceptors (Lipinski definition) is 4. The van der Waals surface area contributed by atoms with Crippen molar-refractivity contribution in [3.8, 4) is 0 Å². The van der Waals surface area contributed by atoms with Crippen molar-refractivity contribution in [2.24, 2.45) is 11.8 Å². The lowest BCUT2D eigenvalue weighted by atomic mass is 9.78. The molecule has 4 atom stereocenters. The predicted molar refractivity (Wildman–Crippen MR) is 146 cm³/mol. The van der Waals surface area contributed by atoms with E-state index < -0.39 is 0 Å². The average molecular weight is 481 g/mol. The van der Waals surface area contributed by atoms with Gasteiger partial charge in [-0.3, -0.25) is 9.59 Å². The van der Waals surface area contributed by atoms with Crippen LogP contribution >= 0.6 is 0 Å². The van der Waals surface area contributed by atoms with Gasteiger partial charge >= 0.3 is 0 Å². The number of ketones is 2. The van der Waals surface area contributed by atoms with Crippen molar-refractivity contribution in [1.29, 1.82) is 0 Å². The molecule has 0 aliphatic heterocycles. The van der Waals surface area contributed by atoms with Gasteiger partial charge in [0.25, 0.3) is 0 Å². The Labute approximate surface area is 214 Å². The van der Waals surface area contributed by atoms with Gasteiger partial charge < -0.3 is 10.6 Å². The molecule has 0 bridgehead atoms. The molecular formula is C32H36N2O2. The molecule has 2 N–H and O–H groups in total. The van der Waals surface area contributed by atoms with Crippen molar-refractivity contribution in [2.45, 2.75) is 63.5 Å². The zero-order chi connectivity index (χ0) is 24.7. The highest BCUT2D eigenvalue weighted by Gasteiger charge is 2.33. The van der Waals surface area contributed by atoms with Gasteiger partial charge in [-0.2, -0.15) is 0 Å². The minimum Gasteiger partial charge on any atom is -0.378 e. The Morgan fingerprint density at radius 3 is 1.28 bits per heavy atom. The third-order valence-corrected chi connectivity index (χ3v) is 7.86. The van der Waals surface area contributed by atoms with Crippen molar-refractivity contribution in [1.82, 2.24) is 0 Å². The highest BCUT2D eigenvalue weighted by Crippen LogP contribution is 2.38. The largest absolute Gasteiger partial charge is 0.378 e. The Kier molecular flexibility index (Phi) is 7.80. The van der Waals surface area contributed by atoms with E-state index in [1.807, 2.05) is 36.4 Å². The van der Waals surface area contributed by atoms with Crippen LogP contribution in [0.3, 0.4) is 0 Å². The first-order valence-electron chi connectivity index (χ1n) is 13.5. The molecule has 0 saturated heterocycles. The SMILES string of the molecule is O=C1CCCCC1C(Nc1ccccc1)c1ccc(C(Nc2ccccc2)C2CCCCC2=O)cc1. The number of hydrogen-bond donors (Lipinski definition) is 2. The quantitative estimate of drug-likeness (QED) is 0.350. The number of anilines is 2. The number of para-hydroxylation sites is 2. The Morgan fingerprint density at radius 2 is 0.917 bits per heavy atom. The molecule has 2 saturated carbocycles. The summed E-state index contributed by atoms with van der Waals surface area (Å²) in [6.45, 7) is 0. The fraction of sp³-hybridized carbons (Fsp3) is 0.375. The van der Waals surface area contributed by atoms with Gasteiger partial charge in [-0.1, -0.05) is 73.5 Å². The molecule has 2 fully saturated rings. The van der Waals surface area contributed by atoms with Crippen LogP contribution in [0.15, 0.2) is 84.9 Å². The molecule has 2 aliphatic carbocycles. The maximum atomic E-state index is 12.9. The summed E-state index contributed by atoms with van der Waals surface area (Å²) in [5.74, 6) is 0.663. The van der Waals surface area contributed by atoms with E-state index in [1.165, 1.54) is 0 Å². The second-order valence-electron chi connectivity index (χ2n) is 10.3. The van der Waals surface area contributed by atoms with Gasteiger partial charge in [-0.05, 0) is 61.1 Å². The summed E-state index contributed by atoms with van der Waals surface area (Å²) in [6.07, 6.45) is 7.34. The first-order valence-corrected chi connectivity index (χ1v) is 13.5. The van der Waals surface area contributed by atoms with Gasteiger partial charge in [0.1, 0.15) is 11.6 Å². The summed E-state index contributed by atoms with van der Waals surface area (Å²) in [6, 6.07) is 28.8. The minimum atomic E-state index is -0.0638. The lowest BCUT2D eigenvalue weighted by molar-refractivity contribution is -0.125. The smallest absolute Gasteiger partial charge is 0.138 e. The maximum absolute atomic E-state index is 12.9. The standard InChI is InChI=1S/C32H36N2O2/c35-29-17-9-7-15-27(29)31(33-25-11-3-1-4-12-25)23-19-21-24(22-20-23)32(28-16-8-10-18-30(28)36)34-26-13-5-2-6-14-26/h1-6,11-14,19-22,27-28,31-34H,7-10,15-18H2. The second kappa shape index (κ2) is 11.6. The molecule has 0 radical (unpaired) electrons. The minimum absolute atomic E-state index is 0.0250. The van der Waals surface area contributed by atoms with Crippen LogP contribution in [0, 0.1) is 11.8 Å². The first-order chi connectivity index (χ1) is 17.7. The van der Waals surface area contributed by atoms with Crippen LogP contribution in [0.2, 0.25) is 0 Å². The molecule has 4 unspecified atom stereocenters. The lowest BCUT2D eigenvalue weighted by Crippen LogP contribution is -2.31. The van der Waals surface area contributed by atoms with Crippen LogP contribution in [0.1, 0.15) is 74.6 Å². The third kappa shape index (κ3) is 5.70. The van der Waals surface area contributed by atoms with E-state index in [0.29, 0.717) is 24.4 Å². The molecule has 0 amide bonds. The molecule has 36 heavy (non-hydrogen) atoms. The van der Waals surface area contributed by atoms with Gasteiger partial charge in [0, 0.05) is 36.1 Å². The number of benzene rings is 3. The number of rotatable bonds is 8. The van der Waals surface area contributed by atoms with Gasteiger partial charge in [-0.15, -0.1) is 0 Å². The predicted octanol–water partition coefficient (Wildman–Crippen LogP) is 7.51. The number of Topliss-reactive ketones (excluding diaryl/α,β-unsaturated/α-hetero) is 2. The van der Waals surface area contributed by atoms with Crippen LogP contribution in [0.5, 0.6) is 0 Å². The van der Waals surface area contributed by atoms with E-state index in [-0.39, 0.29) is 23.9 Å². The Bertz CT molecular complexity index is 1050. The van der Waals surface area contributed by atoms with Gasteiger partial charge in [-0.25, -0.2) is 0 Å². The van der Waals surface area contributed by atoms with Crippen molar-refractivity contribution >= 4 is 22.9 Å². The zero-order valence-corrected chi connectivity index (χ0v) is 20.9. The van der Waals surface area contributed by atoms with Crippen molar-refractivity contribution in [3.63, 3.8) is 0 Å². The molecule has 186 valence electrons. The summed E-state index contributed by atoms with van der Waals surface area (Å²) in [5, 5.41) is 7.33. The summed E-state index contributed by atoms with van der Waals surface area (Å²) in [5.41, 5.74) is 4.30.